The fourth-order valence-corrected chi connectivity index (χ4v) is 1.21. The average molecular weight is 248 g/mol. The van der Waals surface area contributed by atoms with Gasteiger partial charge in [-0.1, -0.05) is 6.08 Å². The molecule has 0 aliphatic heterocycles. The SMILES string of the molecule is C=CCCCC(C)=C=CI. The lowest BCUT2D eigenvalue weighted by molar-refractivity contribution is 0.835. The maximum atomic E-state index is 3.66. The molecule has 0 amide bonds. The Labute approximate surface area is 76.9 Å². The van der Waals surface area contributed by atoms with Gasteiger partial charge >= 0.3 is 0 Å². The van der Waals surface area contributed by atoms with E-state index in [2.05, 4.69) is 41.8 Å². The monoisotopic (exact) mass is 248 g/mol. The Hall–Kier alpha value is -0.0100. The van der Waals surface area contributed by atoms with Crippen molar-refractivity contribution < 1.29 is 0 Å². The van der Waals surface area contributed by atoms with Crippen molar-refractivity contribution in [3.8, 4) is 0 Å². The van der Waals surface area contributed by atoms with Crippen LogP contribution in [0.4, 0.5) is 0 Å². The van der Waals surface area contributed by atoms with Crippen LogP contribution in [0.2, 0.25) is 0 Å². The second kappa shape index (κ2) is 7.10. The molecule has 0 nitrogen and oxygen atoms in total. The van der Waals surface area contributed by atoms with Crippen molar-refractivity contribution in [3.63, 3.8) is 0 Å². The minimum Gasteiger partial charge on any atom is -0.115 e. The summed E-state index contributed by atoms with van der Waals surface area (Å²) in [6.07, 6.45) is 5.42. The lowest BCUT2D eigenvalue weighted by Gasteiger charge is -1.93. The summed E-state index contributed by atoms with van der Waals surface area (Å²) in [6.45, 7) is 5.77. The van der Waals surface area contributed by atoms with E-state index in [0.29, 0.717) is 0 Å². The Bertz CT molecular complexity index is 150. The van der Waals surface area contributed by atoms with Gasteiger partial charge in [0.05, 0.1) is 0 Å². The van der Waals surface area contributed by atoms with E-state index in [-0.39, 0.29) is 0 Å². The van der Waals surface area contributed by atoms with E-state index in [1.807, 2.05) is 10.2 Å². The summed E-state index contributed by atoms with van der Waals surface area (Å²) in [5, 5.41) is 0. The molecule has 0 aliphatic rings. The van der Waals surface area contributed by atoms with Gasteiger partial charge in [-0.3, -0.25) is 0 Å². The van der Waals surface area contributed by atoms with E-state index >= 15 is 0 Å². The van der Waals surface area contributed by atoms with E-state index < -0.39 is 0 Å². The molecule has 0 aromatic heterocycles. The third-order valence-electron chi connectivity index (χ3n) is 1.26. The zero-order valence-corrected chi connectivity index (χ0v) is 8.52. The van der Waals surface area contributed by atoms with Gasteiger partial charge in [-0.15, -0.1) is 12.3 Å². The molecule has 0 rings (SSSR count). The molecule has 1 heteroatoms. The van der Waals surface area contributed by atoms with Crippen LogP contribution in [-0.2, 0) is 0 Å². The number of hydrogen-bond donors (Lipinski definition) is 0. The Balaban J connectivity index is 3.49. The molecule has 0 radical (unpaired) electrons. The molecule has 0 fully saturated rings. The van der Waals surface area contributed by atoms with E-state index in [4.69, 9.17) is 0 Å². The summed E-state index contributed by atoms with van der Waals surface area (Å²) in [6, 6.07) is 0. The van der Waals surface area contributed by atoms with Gasteiger partial charge in [-0.05, 0) is 54.4 Å². The minimum absolute atomic E-state index is 1.11. The maximum Gasteiger partial charge on any atom is 0.0186 e. The zero-order valence-electron chi connectivity index (χ0n) is 6.36. The Morgan fingerprint density at radius 2 is 2.40 bits per heavy atom. The molecule has 0 spiro atoms. The Kier molecular flexibility index (Phi) is 7.09. The van der Waals surface area contributed by atoms with Crippen LogP contribution in [0.5, 0.6) is 0 Å². The van der Waals surface area contributed by atoms with Crippen molar-refractivity contribution in [1.29, 1.82) is 0 Å². The highest BCUT2D eigenvalue weighted by molar-refractivity contribution is 14.1. The summed E-state index contributed by atoms with van der Waals surface area (Å²) in [5.41, 5.74) is 4.48. The predicted molar refractivity (Wildman–Crippen MR) is 55.3 cm³/mol. The molecule has 0 saturated carbocycles. The van der Waals surface area contributed by atoms with Gasteiger partial charge in [-0.25, -0.2) is 0 Å². The molecule has 0 heterocycles. The van der Waals surface area contributed by atoms with Crippen LogP contribution < -0.4 is 0 Å². The number of hydrogen-bond acceptors (Lipinski definition) is 0. The third-order valence-corrected chi connectivity index (χ3v) is 1.57. The molecular weight excluding hydrogens is 235 g/mol. The van der Waals surface area contributed by atoms with E-state index in [1.165, 1.54) is 12.0 Å². The lowest BCUT2D eigenvalue weighted by Crippen LogP contribution is -1.74. The van der Waals surface area contributed by atoms with Gasteiger partial charge in [0, 0.05) is 4.08 Å². The average Bonchev–Trinajstić information content (AvgIpc) is 1.89. The van der Waals surface area contributed by atoms with Gasteiger partial charge in [-0.2, -0.15) is 0 Å². The van der Waals surface area contributed by atoms with Crippen molar-refractivity contribution >= 4 is 22.6 Å². The van der Waals surface area contributed by atoms with Crippen molar-refractivity contribution in [3.05, 3.63) is 28.0 Å². The Morgan fingerprint density at radius 3 is 2.90 bits per heavy atom. The fourth-order valence-electron chi connectivity index (χ4n) is 0.677. The summed E-state index contributed by atoms with van der Waals surface area (Å²) < 4.78 is 1.93. The van der Waals surface area contributed by atoms with Crippen LogP contribution >= 0.6 is 22.6 Å². The van der Waals surface area contributed by atoms with E-state index in [9.17, 15) is 0 Å². The largest absolute Gasteiger partial charge is 0.115 e. The molecule has 0 aromatic carbocycles. The fraction of sp³-hybridized carbons (Fsp3) is 0.444. The standard InChI is InChI=1S/C9H13I/c1-3-4-5-6-9(2)7-8-10/h3,8H,1,4-6H2,2H3. The van der Waals surface area contributed by atoms with Crippen LogP contribution in [0, 0.1) is 0 Å². The van der Waals surface area contributed by atoms with Crippen LogP contribution in [0.25, 0.3) is 0 Å². The minimum atomic E-state index is 1.11. The van der Waals surface area contributed by atoms with Gasteiger partial charge in [0.1, 0.15) is 0 Å². The van der Waals surface area contributed by atoms with E-state index in [1.54, 1.807) is 0 Å². The van der Waals surface area contributed by atoms with Crippen molar-refractivity contribution in [2.45, 2.75) is 26.2 Å². The first-order chi connectivity index (χ1) is 4.81. The number of unbranched alkanes of at least 4 members (excludes halogenated alkanes) is 1. The van der Waals surface area contributed by atoms with Gasteiger partial charge < -0.3 is 0 Å². The summed E-state index contributed by atoms with van der Waals surface area (Å²) >= 11 is 2.19. The first-order valence-corrected chi connectivity index (χ1v) is 4.67. The predicted octanol–water partition coefficient (Wildman–Crippen LogP) is 3.84. The highest BCUT2D eigenvalue weighted by Gasteiger charge is 1.85. The molecule has 0 aromatic rings. The summed E-state index contributed by atoms with van der Waals surface area (Å²) in [4.78, 5) is 0. The molecule has 56 valence electrons. The van der Waals surface area contributed by atoms with Crippen molar-refractivity contribution in [2.24, 2.45) is 0 Å². The highest BCUT2D eigenvalue weighted by Crippen LogP contribution is 2.05. The molecule has 0 atom stereocenters. The molecule has 10 heavy (non-hydrogen) atoms. The molecule has 0 aliphatic carbocycles. The van der Waals surface area contributed by atoms with Gasteiger partial charge in [0.15, 0.2) is 0 Å². The van der Waals surface area contributed by atoms with Crippen LogP contribution in [0.3, 0.4) is 0 Å². The topological polar surface area (TPSA) is 0 Å². The normalized spacial score (nSPS) is 8.20. The molecular formula is C9H13I. The molecule has 0 unspecified atom stereocenters. The van der Waals surface area contributed by atoms with Crippen molar-refractivity contribution in [2.75, 3.05) is 0 Å². The third kappa shape index (κ3) is 6.12. The lowest BCUT2D eigenvalue weighted by atomic mass is 10.1. The summed E-state index contributed by atoms with van der Waals surface area (Å²) in [7, 11) is 0. The number of allylic oxidation sites excluding steroid dienone is 2. The van der Waals surface area contributed by atoms with Gasteiger partial charge in [0.2, 0.25) is 0 Å². The van der Waals surface area contributed by atoms with Gasteiger partial charge in [0.25, 0.3) is 0 Å². The number of halogens is 1. The first kappa shape index (κ1) is 9.99. The second-order valence-corrected chi connectivity index (χ2v) is 2.84. The van der Waals surface area contributed by atoms with Crippen LogP contribution in [0.1, 0.15) is 26.2 Å². The maximum absolute atomic E-state index is 3.66. The van der Waals surface area contributed by atoms with Crippen LogP contribution in [-0.4, -0.2) is 0 Å². The Morgan fingerprint density at radius 1 is 1.70 bits per heavy atom. The van der Waals surface area contributed by atoms with E-state index in [0.717, 1.165) is 12.8 Å². The second-order valence-electron chi connectivity index (χ2n) is 2.21. The smallest absolute Gasteiger partial charge is 0.0186 e. The summed E-state index contributed by atoms with van der Waals surface area (Å²) in [5.74, 6) is 0. The zero-order chi connectivity index (χ0) is 7.82. The molecule has 0 bridgehead atoms. The van der Waals surface area contributed by atoms with Crippen LogP contribution in [0.15, 0.2) is 28.0 Å². The first-order valence-electron chi connectivity index (χ1n) is 3.43. The highest BCUT2D eigenvalue weighted by atomic mass is 127. The molecule has 0 N–H and O–H groups in total. The van der Waals surface area contributed by atoms with Crippen molar-refractivity contribution in [1.82, 2.24) is 0 Å². The number of rotatable bonds is 4. The molecule has 0 saturated heterocycles. The quantitative estimate of drug-likeness (QED) is 0.307.